The third kappa shape index (κ3) is 6.20. The van der Waals surface area contributed by atoms with Crippen molar-refractivity contribution in [3.8, 4) is 22.6 Å². The van der Waals surface area contributed by atoms with Gasteiger partial charge in [-0.2, -0.15) is 0 Å². The topological polar surface area (TPSA) is 151 Å². The lowest BCUT2D eigenvalue weighted by molar-refractivity contribution is 0.168. The number of rotatable bonds is 9. The Kier molecular flexibility index (Phi) is 7.13. The predicted octanol–water partition coefficient (Wildman–Crippen LogP) is 3.59. The second-order valence-corrected chi connectivity index (χ2v) is 10.5. The predicted molar refractivity (Wildman–Crippen MR) is 134 cm³/mol. The quantitative estimate of drug-likeness (QED) is 0.335. The molecule has 186 valence electrons. The minimum absolute atomic E-state index is 0.220. The van der Waals surface area contributed by atoms with Gasteiger partial charge in [-0.3, -0.25) is 4.72 Å². The van der Waals surface area contributed by atoms with Gasteiger partial charge in [0, 0.05) is 30.3 Å². The summed E-state index contributed by atoms with van der Waals surface area (Å²) in [5, 5.41) is 6.01. The first-order valence-corrected chi connectivity index (χ1v) is 13.2. The smallest absolute Gasteiger partial charge is 0.407 e. The van der Waals surface area contributed by atoms with Gasteiger partial charge in [-0.05, 0) is 31.9 Å². The highest BCUT2D eigenvalue weighted by Gasteiger charge is 2.29. The van der Waals surface area contributed by atoms with Gasteiger partial charge >= 0.3 is 6.09 Å². The highest BCUT2D eigenvalue weighted by molar-refractivity contribution is 7.92. The van der Waals surface area contributed by atoms with Gasteiger partial charge in [-0.1, -0.05) is 23.7 Å². The molecule has 1 saturated carbocycles. The molecular weight excluding hydrogens is 494 g/mol. The average Bonchev–Trinajstić information content (AvgIpc) is 3.57. The fourth-order valence-corrected chi connectivity index (χ4v) is 4.34. The fourth-order valence-electron chi connectivity index (χ4n) is 3.45. The van der Waals surface area contributed by atoms with Gasteiger partial charge in [0.1, 0.15) is 5.82 Å². The Balaban J connectivity index is 1.66. The summed E-state index contributed by atoms with van der Waals surface area (Å²) in [6.45, 7) is 2.20. The summed E-state index contributed by atoms with van der Waals surface area (Å²) < 4.78 is 30.6. The average molecular weight is 520 g/mol. The van der Waals surface area contributed by atoms with E-state index < -0.39 is 16.1 Å². The first-order chi connectivity index (χ1) is 16.6. The van der Waals surface area contributed by atoms with Crippen LogP contribution in [-0.2, 0) is 14.8 Å². The highest BCUT2D eigenvalue weighted by Crippen LogP contribution is 2.43. The lowest BCUT2D eigenvalue weighted by Gasteiger charge is -2.14. The lowest BCUT2D eigenvalue weighted by atomic mass is 10.1. The molecule has 2 aromatic heterocycles. The Bertz CT molecular complexity index is 1340. The number of H-pyrrole nitrogens is 1. The number of aromatic nitrogens is 4. The molecule has 0 aliphatic heterocycles. The van der Waals surface area contributed by atoms with Crippen molar-refractivity contribution >= 4 is 39.4 Å². The second-order valence-electron chi connectivity index (χ2n) is 8.34. The molecule has 0 saturated heterocycles. The van der Waals surface area contributed by atoms with Crippen LogP contribution in [0.3, 0.4) is 0 Å². The molecule has 1 fully saturated rings. The molecule has 1 aromatic carbocycles. The van der Waals surface area contributed by atoms with Crippen molar-refractivity contribution in [1.82, 2.24) is 25.3 Å². The number of amides is 1. The number of benzene rings is 1. The summed E-state index contributed by atoms with van der Waals surface area (Å²) >= 11 is 6.61. The molecule has 13 heteroatoms. The zero-order valence-electron chi connectivity index (χ0n) is 19.4. The van der Waals surface area contributed by atoms with E-state index in [1.807, 2.05) is 6.92 Å². The normalized spacial score (nSPS) is 14.3. The van der Waals surface area contributed by atoms with Gasteiger partial charge in [0.2, 0.25) is 16.0 Å². The van der Waals surface area contributed by atoms with Gasteiger partial charge in [0.15, 0.2) is 0 Å². The van der Waals surface area contributed by atoms with Crippen molar-refractivity contribution in [3.05, 3.63) is 41.3 Å². The number of carbonyl (C=O) groups excluding carboxylic acids is 1. The van der Waals surface area contributed by atoms with Gasteiger partial charge in [0.25, 0.3) is 0 Å². The van der Waals surface area contributed by atoms with Crippen LogP contribution >= 0.6 is 11.6 Å². The van der Waals surface area contributed by atoms with Gasteiger partial charge in [-0.15, -0.1) is 0 Å². The summed E-state index contributed by atoms with van der Waals surface area (Å²) in [6.07, 6.45) is 4.24. The number of carbonyl (C=O) groups is 1. The van der Waals surface area contributed by atoms with Crippen LogP contribution in [0.2, 0.25) is 5.02 Å². The van der Waals surface area contributed by atoms with E-state index in [1.54, 1.807) is 30.5 Å². The van der Waals surface area contributed by atoms with E-state index in [2.05, 4.69) is 35.0 Å². The Morgan fingerprint density at radius 3 is 2.74 bits per heavy atom. The number of alkyl carbamates (subject to hydrolysis) is 1. The molecule has 0 spiro atoms. The second kappa shape index (κ2) is 10.1. The number of imidazole rings is 1. The Morgan fingerprint density at radius 1 is 1.29 bits per heavy atom. The number of nitrogens with zero attached hydrogens (tertiary/aromatic N) is 3. The molecule has 0 unspecified atom stereocenters. The van der Waals surface area contributed by atoms with Crippen molar-refractivity contribution in [2.45, 2.75) is 31.7 Å². The summed E-state index contributed by atoms with van der Waals surface area (Å²) in [5.41, 5.74) is 2.65. The van der Waals surface area contributed by atoms with Crippen molar-refractivity contribution in [3.63, 3.8) is 0 Å². The third-order valence-electron chi connectivity index (χ3n) is 5.26. The molecule has 1 aliphatic carbocycles. The standard InChI is InChI=1S/C22H26ClN7O4S/c1-12(26-22(31)34-2)11-25-21-24-10-9-16(27-21)19-18(28-20(29-19)13-7-8-13)14-5-4-6-15(17(14)23)30-35(3,32)33/h4-6,9-10,12-13,30H,7-8,11H2,1-3H3,(H,26,31)(H,28,29)(H,24,25,27)/t12-/m0/s1. The fraction of sp³-hybridized carbons (Fsp3) is 0.364. The molecule has 0 radical (unpaired) electrons. The molecule has 3 aromatic rings. The summed E-state index contributed by atoms with van der Waals surface area (Å²) in [6, 6.07) is 6.63. The zero-order valence-corrected chi connectivity index (χ0v) is 21.0. The number of ether oxygens (including phenoxy) is 1. The minimum atomic E-state index is -3.51. The van der Waals surface area contributed by atoms with Crippen LogP contribution in [0, 0.1) is 0 Å². The van der Waals surface area contributed by atoms with Crippen molar-refractivity contribution in [2.24, 2.45) is 0 Å². The molecule has 2 heterocycles. The van der Waals surface area contributed by atoms with Gasteiger partial charge in [-0.25, -0.2) is 28.2 Å². The number of halogens is 1. The number of sulfonamides is 1. The van der Waals surface area contributed by atoms with Gasteiger partial charge in [0.05, 0.1) is 41.2 Å². The highest BCUT2D eigenvalue weighted by atomic mass is 35.5. The lowest BCUT2D eigenvalue weighted by Crippen LogP contribution is -2.37. The number of hydrogen-bond acceptors (Lipinski definition) is 8. The maximum absolute atomic E-state index is 11.8. The molecular formula is C22H26ClN7O4S. The molecule has 1 amide bonds. The van der Waals surface area contributed by atoms with Crippen LogP contribution in [0.5, 0.6) is 0 Å². The van der Waals surface area contributed by atoms with Crippen LogP contribution in [0.1, 0.15) is 31.5 Å². The number of aromatic amines is 1. The van der Waals surface area contributed by atoms with Crippen molar-refractivity contribution < 1.29 is 17.9 Å². The molecule has 4 N–H and O–H groups in total. The summed E-state index contributed by atoms with van der Waals surface area (Å²) in [5.74, 6) is 1.54. The molecule has 1 atom stereocenters. The van der Waals surface area contributed by atoms with Crippen molar-refractivity contribution in [2.75, 3.05) is 29.9 Å². The Morgan fingerprint density at radius 2 is 2.06 bits per heavy atom. The zero-order chi connectivity index (χ0) is 25.2. The maximum atomic E-state index is 11.8. The third-order valence-corrected chi connectivity index (χ3v) is 6.26. The van der Waals surface area contributed by atoms with E-state index in [-0.39, 0.29) is 16.8 Å². The molecule has 0 bridgehead atoms. The first kappa shape index (κ1) is 24.7. The van der Waals surface area contributed by atoms with Crippen LogP contribution in [-0.4, -0.2) is 60.4 Å². The van der Waals surface area contributed by atoms with Crippen LogP contribution in [0.4, 0.5) is 16.4 Å². The Labute approximate surface area is 208 Å². The van der Waals surface area contributed by atoms with E-state index in [4.69, 9.17) is 16.6 Å². The SMILES string of the molecule is COC(=O)N[C@@H](C)CNc1nccc(-c2[nH]c(C3CC3)nc2-c2cccc(NS(C)(=O)=O)c2Cl)n1. The number of methoxy groups -OCH3 is 1. The molecule has 35 heavy (non-hydrogen) atoms. The number of hydrogen-bond donors (Lipinski definition) is 4. The van der Waals surface area contributed by atoms with Crippen LogP contribution in [0.15, 0.2) is 30.5 Å². The summed E-state index contributed by atoms with van der Waals surface area (Å²) in [7, 11) is -2.21. The van der Waals surface area contributed by atoms with Crippen LogP contribution < -0.4 is 15.4 Å². The first-order valence-electron chi connectivity index (χ1n) is 10.9. The van der Waals surface area contributed by atoms with E-state index in [0.717, 1.165) is 24.9 Å². The molecule has 4 rings (SSSR count). The summed E-state index contributed by atoms with van der Waals surface area (Å²) in [4.78, 5) is 28.4. The minimum Gasteiger partial charge on any atom is -0.453 e. The van der Waals surface area contributed by atoms with E-state index in [9.17, 15) is 13.2 Å². The maximum Gasteiger partial charge on any atom is 0.407 e. The largest absolute Gasteiger partial charge is 0.453 e. The molecule has 11 nitrogen and oxygen atoms in total. The Hall–Kier alpha value is -3.38. The van der Waals surface area contributed by atoms with E-state index in [0.29, 0.717) is 41.1 Å². The van der Waals surface area contributed by atoms with Gasteiger partial charge < -0.3 is 20.4 Å². The number of nitrogens with one attached hydrogen (secondary N) is 4. The number of anilines is 2. The van der Waals surface area contributed by atoms with E-state index >= 15 is 0 Å². The van der Waals surface area contributed by atoms with Crippen LogP contribution in [0.25, 0.3) is 22.6 Å². The van der Waals surface area contributed by atoms with Crippen molar-refractivity contribution in [1.29, 1.82) is 0 Å². The molecule has 1 aliphatic rings. The van der Waals surface area contributed by atoms with E-state index in [1.165, 1.54) is 7.11 Å². The monoisotopic (exact) mass is 519 g/mol.